The maximum Gasteiger partial charge on any atom is 0.0279 e. The lowest BCUT2D eigenvalue weighted by atomic mass is 9.80. The average Bonchev–Trinajstić information content (AvgIpc) is 2.14. The molecule has 0 aromatic heterocycles. The van der Waals surface area contributed by atoms with Crippen molar-refractivity contribution in [1.82, 2.24) is 0 Å². The molecule has 0 aliphatic heterocycles. The molecule has 0 bridgehead atoms. The first-order chi connectivity index (χ1) is 5.74. The van der Waals surface area contributed by atoms with Gasteiger partial charge in [-0.15, -0.1) is 18.2 Å². The first-order valence-electron chi connectivity index (χ1n) is 4.91. The Bertz CT molecular complexity index is 106. The second-order valence-electron chi connectivity index (χ2n) is 3.52. The van der Waals surface area contributed by atoms with Crippen LogP contribution in [0.4, 0.5) is 0 Å². The summed E-state index contributed by atoms with van der Waals surface area (Å²) in [6.45, 7) is 8.20. The Labute approximate surface area is 82.0 Å². The lowest BCUT2D eigenvalue weighted by Crippen LogP contribution is -2.20. The summed E-state index contributed by atoms with van der Waals surface area (Å²) in [5.74, 6) is 0.803. The zero-order chi connectivity index (χ0) is 9.45. The molecular weight excluding hydrogens is 168 g/mol. The van der Waals surface area contributed by atoms with Crippen molar-refractivity contribution >= 4 is 11.6 Å². The number of rotatable bonds is 7. The van der Waals surface area contributed by atoms with E-state index < -0.39 is 0 Å². The van der Waals surface area contributed by atoms with Gasteiger partial charge in [-0.05, 0) is 37.5 Å². The normalized spacial score (nSPS) is 11.6. The van der Waals surface area contributed by atoms with Crippen molar-refractivity contribution in [2.24, 2.45) is 5.41 Å². The van der Waals surface area contributed by atoms with E-state index in [-0.39, 0.29) is 0 Å². The molecule has 0 atom stereocenters. The first-order valence-corrected chi connectivity index (χ1v) is 5.45. The van der Waals surface area contributed by atoms with E-state index in [1.165, 1.54) is 25.7 Å². The van der Waals surface area contributed by atoms with E-state index in [0.29, 0.717) is 5.41 Å². The third-order valence-electron chi connectivity index (χ3n) is 2.90. The van der Waals surface area contributed by atoms with E-state index in [1.54, 1.807) is 0 Å². The third kappa shape index (κ3) is 3.62. The maximum absolute atomic E-state index is 5.98. The largest absolute Gasteiger partial charge is 0.126 e. The van der Waals surface area contributed by atoms with Crippen LogP contribution in [0.3, 0.4) is 0 Å². The number of allylic oxidation sites excluding steroid dienone is 1. The van der Waals surface area contributed by atoms with Crippen LogP contribution >= 0.6 is 11.6 Å². The molecule has 12 heavy (non-hydrogen) atoms. The van der Waals surface area contributed by atoms with E-state index in [9.17, 15) is 0 Å². The molecule has 0 aromatic carbocycles. The topological polar surface area (TPSA) is 0 Å². The summed E-state index contributed by atoms with van der Waals surface area (Å²) in [6, 6.07) is 0. The molecule has 1 heteroatoms. The molecule has 0 spiro atoms. The smallest absolute Gasteiger partial charge is 0.0279 e. The van der Waals surface area contributed by atoms with Crippen molar-refractivity contribution in [1.29, 1.82) is 0 Å². The minimum Gasteiger partial charge on any atom is -0.126 e. The first kappa shape index (κ1) is 12.0. The van der Waals surface area contributed by atoms with Crippen molar-refractivity contribution in [3.05, 3.63) is 12.7 Å². The van der Waals surface area contributed by atoms with Crippen molar-refractivity contribution in [2.75, 3.05) is 5.88 Å². The lowest BCUT2D eigenvalue weighted by molar-refractivity contribution is 0.272. The van der Waals surface area contributed by atoms with Crippen LogP contribution in [0, 0.1) is 5.41 Å². The van der Waals surface area contributed by atoms with Gasteiger partial charge in [-0.1, -0.05) is 19.9 Å². The van der Waals surface area contributed by atoms with Crippen LogP contribution in [0.2, 0.25) is 0 Å². The highest BCUT2D eigenvalue weighted by Crippen LogP contribution is 2.33. The molecule has 0 fully saturated rings. The monoisotopic (exact) mass is 188 g/mol. The quantitative estimate of drug-likeness (QED) is 0.316. The fourth-order valence-electron chi connectivity index (χ4n) is 1.48. The maximum atomic E-state index is 5.98. The molecule has 0 aromatic rings. The lowest BCUT2D eigenvalue weighted by Gasteiger charge is -2.29. The fraction of sp³-hybridized carbons (Fsp3) is 0.818. The van der Waals surface area contributed by atoms with Gasteiger partial charge < -0.3 is 0 Å². The molecule has 0 radical (unpaired) electrons. The van der Waals surface area contributed by atoms with Crippen LogP contribution in [0.25, 0.3) is 0 Å². The predicted molar refractivity (Wildman–Crippen MR) is 57.8 cm³/mol. The van der Waals surface area contributed by atoms with Gasteiger partial charge in [0, 0.05) is 5.88 Å². The summed E-state index contributed by atoms with van der Waals surface area (Å²) in [7, 11) is 0. The summed E-state index contributed by atoms with van der Waals surface area (Å²) in [6.07, 6.45) is 7.99. The molecule has 0 N–H and O–H groups in total. The molecular formula is C11H21Cl. The van der Waals surface area contributed by atoms with Crippen LogP contribution in [-0.4, -0.2) is 5.88 Å². The van der Waals surface area contributed by atoms with Gasteiger partial charge in [-0.2, -0.15) is 0 Å². The zero-order valence-corrected chi connectivity index (χ0v) is 9.16. The Morgan fingerprint density at radius 2 is 1.92 bits per heavy atom. The summed E-state index contributed by atoms with van der Waals surface area (Å²) >= 11 is 5.98. The standard InChI is InChI=1S/C11H21Cl/c1-4-7-8-9-11(5-2,6-3)10-12/h4H,1,5-10H2,2-3H3. The van der Waals surface area contributed by atoms with Gasteiger partial charge in [0.2, 0.25) is 0 Å². The molecule has 0 unspecified atom stereocenters. The number of hydrogen-bond acceptors (Lipinski definition) is 0. The van der Waals surface area contributed by atoms with Crippen molar-refractivity contribution in [3.63, 3.8) is 0 Å². The second kappa shape index (κ2) is 6.54. The van der Waals surface area contributed by atoms with Crippen LogP contribution in [0.5, 0.6) is 0 Å². The van der Waals surface area contributed by atoms with Crippen LogP contribution in [0.1, 0.15) is 46.0 Å². The summed E-state index contributed by atoms with van der Waals surface area (Å²) in [5, 5.41) is 0. The van der Waals surface area contributed by atoms with Crippen molar-refractivity contribution < 1.29 is 0 Å². The second-order valence-corrected chi connectivity index (χ2v) is 3.79. The van der Waals surface area contributed by atoms with Gasteiger partial charge in [0.05, 0.1) is 0 Å². The minimum atomic E-state index is 0.393. The van der Waals surface area contributed by atoms with Crippen LogP contribution in [-0.2, 0) is 0 Å². The van der Waals surface area contributed by atoms with E-state index in [1.807, 2.05) is 6.08 Å². The minimum absolute atomic E-state index is 0.393. The summed E-state index contributed by atoms with van der Waals surface area (Å²) < 4.78 is 0. The van der Waals surface area contributed by atoms with Gasteiger partial charge in [-0.3, -0.25) is 0 Å². The molecule has 72 valence electrons. The number of hydrogen-bond donors (Lipinski definition) is 0. The van der Waals surface area contributed by atoms with Gasteiger partial charge >= 0.3 is 0 Å². The van der Waals surface area contributed by atoms with E-state index in [4.69, 9.17) is 11.6 Å². The summed E-state index contributed by atoms with van der Waals surface area (Å²) in [4.78, 5) is 0. The molecule has 0 nitrogen and oxygen atoms in total. The van der Waals surface area contributed by atoms with Gasteiger partial charge in [0.1, 0.15) is 0 Å². The van der Waals surface area contributed by atoms with E-state index in [2.05, 4.69) is 20.4 Å². The Balaban J connectivity index is 3.84. The zero-order valence-electron chi connectivity index (χ0n) is 8.41. The van der Waals surface area contributed by atoms with Gasteiger partial charge in [0.25, 0.3) is 0 Å². The number of halogens is 1. The molecule has 0 aliphatic carbocycles. The fourth-order valence-corrected chi connectivity index (χ4v) is 1.99. The highest BCUT2D eigenvalue weighted by molar-refractivity contribution is 6.18. The van der Waals surface area contributed by atoms with Crippen LogP contribution in [0.15, 0.2) is 12.7 Å². The predicted octanol–water partition coefficient (Wildman–Crippen LogP) is 4.39. The van der Waals surface area contributed by atoms with E-state index in [0.717, 1.165) is 12.3 Å². The molecule has 0 amide bonds. The molecule has 0 aliphatic rings. The Kier molecular flexibility index (Phi) is 6.55. The Morgan fingerprint density at radius 3 is 2.25 bits per heavy atom. The Morgan fingerprint density at radius 1 is 1.33 bits per heavy atom. The highest BCUT2D eigenvalue weighted by Gasteiger charge is 2.23. The molecule has 0 heterocycles. The van der Waals surface area contributed by atoms with E-state index >= 15 is 0 Å². The molecule has 0 saturated carbocycles. The average molecular weight is 189 g/mol. The van der Waals surface area contributed by atoms with Crippen LogP contribution < -0.4 is 0 Å². The van der Waals surface area contributed by atoms with Gasteiger partial charge in [0.15, 0.2) is 0 Å². The summed E-state index contributed by atoms with van der Waals surface area (Å²) in [5.41, 5.74) is 0.393. The number of unbranched alkanes of at least 4 members (excludes halogenated alkanes) is 1. The molecule has 0 saturated heterocycles. The molecule has 0 rings (SSSR count). The van der Waals surface area contributed by atoms with Gasteiger partial charge in [-0.25, -0.2) is 0 Å². The highest BCUT2D eigenvalue weighted by atomic mass is 35.5. The SMILES string of the molecule is C=CCCCC(CC)(CC)CCl. The third-order valence-corrected chi connectivity index (χ3v) is 3.47. The number of alkyl halides is 1. The van der Waals surface area contributed by atoms with Crippen molar-refractivity contribution in [2.45, 2.75) is 46.0 Å². The Hall–Kier alpha value is 0.0300. The van der Waals surface area contributed by atoms with Crippen molar-refractivity contribution in [3.8, 4) is 0 Å².